The van der Waals surface area contributed by atoms with Crippen LogP contribution in [0.1, 0.15) is 95.0 Å². The maximum absolute atomic E-state index is 15.3. The molecule has 416 valence electrons. The number of nitrogens with one attached hydrogen (secondary N) is 2. The molecule has 6 bridgehead atoms. The molecule has 1 saturated carbocycles. The quantitative estimate of drug-likeness (QED) is 0.183. The number of piperazine rings is 1. The number of anilines is 1. The van der Waals surface area contributed by atoms with Crippen LogP contribution in [0.15, 0.2) is 41.1 Å². The number of urea groups is 1. The van der Waals surface area contributed by atoms with Gasteiger partial charge >= 0.3 is 12.0 Å². The maximum Gasteiger partial charge on any atom is 0.324 e. The van der Waals surface area contributed by atoms with Crippen LogP contribution in [-0.2, 0) is 51.0 Å². The number of pyridine rings is 1. The van der Waals surface area contributed by atoms with Gasteiger partial charge in [0.2, 0.25) is 5.89 Å². The Balaban J connectivity index is 0.993. The smallest absolute Gasteiger partial charge is 0.324 e. The van der Waals surface area contributed by atoms with E-state index in [4.69, 9.17) is 42.8 Å². The van der Waals surface area contributed by atoms with Crippen LogP contribution in [0.25, 0.3) is 33.4 Å². The second-order valence-corrected chi connectivity index (χ2v) is 23.3. The third-order valence-corrected chi connectivity index (χ3v) is 17.5. The van der Waals surface area contributed by atoms with E-state index in [1.165, 1.54) is 17.9 Å². The van der Waals surface area contributed by atoms with Crippen LogP contribution in [0.4, 0.5) is 10.5 Å². The Kier molecular flexibility index (Phi) is 15.4. The molecule has 20 nitrogen and oxygen atoms in total. The van der Waals surface area contributed by atoms with Crippen molar-refractivity contribution >= 4 is 34.5 Å². The topological polar surface area (TPSA) is 191 Å². The first-order chi connectivity index (χ1) is 37.5. The molecule has 0 unspecified atom stereocenters. The Labute approximate surface area is 451 Å². The van der Waals surface area contributed by atoms with Crippen molar-refractivity contribution in [2.24, 2.45) is 11.3 Å². The van der Waals surface area contributed by atoms with Crippen molar-refractivity contribution in [2.75, 3.05) is 117 Å². The molecule has 2 N–H and O–H groups in total. The second-order valence-electron chi connectivity index (χ2n) is 23.3. The number of cyclic esters (lactones) is 1. The van der Waals surface area contributed by atoms with Crippen molar-refractivity contribution in [1.82, 2.24) is 45.0 Å². The third kappa shape index (κ3) is 11.0. The average Bonchev–Trinajstić information content (AvgIpc) is 4.24. The van der Waals surface area contributed by atoms with E-state index in [1.54, 1.807) is 13.4 Å². The fourth-order valence-electron chi connectivity index (χ4n) is 12.9. The van der Waals surface area contributed by atoms with Gasteiger partial charge in [0.25, 0.3) is 5.91 Å². The van der Waals surface area contributed by atoms with Crippen LogP contribution < -0.4 is 15.6 Å². The highest BCUT2D eigenvalue weighted by Crippen LogP contribution is 2.44. The number of hydrogen-bond donors (Lipinski definition) is 2. The standard InChI is InChI=1S/C57H78N10O10/c1-36(71-4)49-43(29-40(31-58-49)63-17-15-62(16-18-63)39-8-9-39)51-44-30-57(2,3)35-77-55(69)45-6-5-14-67(61-45)54(68)50(60-56(70)66-32-38-33-74-24-13-47(38)66)52(64-19-25-73-26-20-64)53-59-46(34-76-53)37-7-10-48(42(44)28-37)65(51)21-27-75-41-11-22-72-23-12-41/h7,10,28-29,31,34,36,38-39,41,45,47,50,52,61H,5-6,8-9,11-27,30,32-33,35H2,1-4H3,(H,60,70)/t36-,38+,45-,47-,50-,52-/m0/s1. The van der Waals surface area contributed by atoms with Crippen molar-refractivity contribution in [1.29, 1.82) is 0 Å². The van der Waals surface area contributed by atoms with E-state index in [1.807, 2.05) is 11.1 Å². The van der Waals surface area contributed by atoms with Crippen molar-refractivity contribution < 1.29 is 47.2 Å². The first-order valence-electron chi connectivity index (χ1n) is 28.5. The van der Waals surface area contributed by atoms with Crippen LogP contribution in [0.5, 0.6) is 0 Å². The van der Waals surface area contributed by atoms with E-state index in [0.717, 1.165) is 96.2 Å². The Morgan fingerprint density at radius 3 is 2.49 bits per heavy atom. The number of carbonyl (C=O) groups excluding carboxylic acids is 3. The van der Waals surface area contributed by atoms with Gasteiger partial charge in [0.1, 0.15) is 30.1 Å². The second kappa shape index (κ2) is 22.5. The molecule has 8 aliphatic rings. The lowest BCUT2D eigenvalue weighted by Gasteiger charge is -2.51. The molecule has 3 amide bonds. The molecule has 6 atom stereocenters. The highest BCUT2D eigenvalue weighted by molar-refractivity contribution is 5.95. The number of esters is 1. The molecular formula is C57H78N10O10. The number of benzene rings is 1. The summed E-state index contributed by atoms with van der Waals surface area (Å²) < 4.78 is 45.4. The van der Waals surface area contributed by atoms with E-state index >= 15 is 4.79 Å². The number of oxazole rings is 1. The number of carbonyl (C=O) groups is 3. The van der Waals surface area contributed by atoms with Gasteiger partial charge in [0.05, 0.1) is 68.5 Å². The van der Waals surface area contributed by atoms with Gasteiger partial charge in [-0.1, -0.05) is 19.9 Å². The summed E-state index contributed by atoms with van der Waals surface area (Å²) in [5.74, 6) is -0.270. The van der Waals surface area contributed by atoms with Crippen LogP contribution >= 0.6 is 0 Å². The Morgan fingerprint density at radius 1 is 0.922 bits per heavy atom. The molecule has 7 aliphatic heterocycles. The van der Waals surface area contributed by atoms with Crippen molar-refractivity contribution in [2.45, 2.75) is 121 Å². The third-order valence-electron chi connectivity index (χ3n) is 17.5. The van der Waals surface area contributed by atoms with Crippen molar-refractivity contribution in [3.63, 3.8) is 0 Å². The first kappa shape index (κ1) is 52.5. The number of rotatable bonds is 11. The zero-order valence-electron chi connectivity index (χ0n) is 45.4. The minimum Gasteiger partial charge on any atom is -0.464 e. The average molecular weight is 1060 g/mol. The number of amides is 3. The summed E-state index contributed by atoms with van der Waals surface area (Å²) in [5, 5.41) is 5.72. The Morgan fingerprint density at radius 2 is 1.71 bits per heavy atom. The summed E-state index contributed by atoms with van der Waals surface area (Å²) in [6, 6.07) is 6.45. The van der Waals surface area contributed by atoms with Crippen LogP contribution in [-0.4, -0.2) is 195 Å². The van der Waals surface area contributed by atoms with Gasteiger partial charge in [-0.15, -0.1) is 0 Å². The fourth-order valence-corrected chi connectivity index (χ4v) is 12.9. The van der Waals surface area contributed by atoms with Gasteiger partial charge in [-0.25, -0.2) is 15.2 Å². The Hall–Kier alpha value is -5.19. The molecule has 4 aromatic rings. The zero-order chi connectivity index (χ0) is 52.8. The SMILES string of the molecule is CO[C@@H](C)c1ncc(N2CCN(C3CC3)CC2)cc1-c1c2c3cc(ccc3n1CCOC1CCOCC1)-c1coc(n1)[C@@H](N1CCOCC1)[C@H](NC(=O)N1C[C@@H]3COCC[C@@H]31)C(=O)N1CCC[C@H](N1)C(=O)OCC(C)(C)C2. The van der Waals surface area contributed by atoms with Crippen LogP contribution in [0, 0.1) is 11.3 Å². The van der Waals surface area contributed by atoms with Gasteiger partial charge in [-0.05, 0) is 82.1 Å². The summed E-state index contributed by atoms with van der Waals surface area (Å²) in [7, 11) is 1.73. The zero-order valence-corrected chi connectivity index (χ0v) is 45.4. The number of fused-ring (bicyclic) bond motifs is 7. The maximum atomic E-state index is 15.3. The number of methoxy groups -OCH3 is 1. The van der Waals surface area contributed by atoms with E-state index in [9.17, 15) is 9.59 Å². The number of likely N-dealkylation sites (tertiary alicyclic amines) is 1. The predicted molar refractivity (Wildman–Crippen MR) is 286 cm³/mol. The normalized spacial score (nSPS) is 27.4. The monoisotopic (exact) mass is 1060 g/mol. The van der Waals surface area contributed by atoms with Gasteiger partial charge < -0.3 is 52.5 Å². The molecule has 0 radical (unpaired) electrons. The molecule has 12 rings (SSSR count). The largest absolute Gasteiger partial charge is 0.464 e. The number of hydrazine groups is 1. The molecule has 10 heterocycles. The molecule has 3 aromatic heterocycles. The summed E-state index contributed by atoms with van der Waals surface area (Å²) in [6.07, 6.45) is 10.1. The number of hydrogen-bond acceptors (Lipinski definition) is 16. The molecule has 0 spiro atoms. The number of nitrogens with zero attached hydrogens (tertiary/aromatic N) is 8. The van der Waals surface area contributed by atoms with E-state index in [-0.39, 0.29) is 42.7 Å². The molecule has 77 heavy (non-hydrogen) atoms. The van der Waals surface area contributed by atoms with Gasteiger partial charge in [-0.3, -0.25) is 29.4 Å². The molecule has 7 fully saturated rings. The van der Waals surface area contributed by atoms with Crippen molar-refractivity contribution in [3.8, 4) is 22.5 Å². The van der Waals surface area contributed by atoms with Gasteiger partial charge in [-0.2, -0.15) is 0 Å². The summed E-state index contributed by atoms with van der Waals surface area (Å²) in [5.41, 5.74) is 10.1. The lowest BCUT2D eigenvalue weighted by Crippen LogP contribution is -2.68. The molecule has 6 saturated heterocycles. The minimum absolute atomic E-state index is 0.0300. The lowest BCUT2D eigenvalue weighted by molar-refractivity contribution is -0.155. The highest BCUT2D eigenvalue weighted by Gasteiger charge is 2.48. The van der Waals surface area contributed by atoms with Gasteiger partial charge in [0, 0.05) is 131 Å². The van der Waals surface area contributed by atoms with Gasteiger partial charge in [0.15, 0.2) is 0 Å². The summed E-state index contributed by atoms with van der Waals surface area (Å²) in [4.78, 5) is 63.7. The van der Waals surface area contributed by atoms with Crippen molar-refractivity contribution in [3.05, 3.63) is 53.9 Å². The number of aromatic nitrogens is 3. The Bertz CT molecular complexity index is 2760. The molecule has 1 aromatic carbocycles. The first-order valence-corrected chi connectivity index (χ1v) is 28.5. The number of ether oxygens (including phenoxy) is 6. The van der Waals surface area contributed by atoms with E-state index < -0.39 is 29.5 Å². The van der Waals surface area contributed by atoms with Crippen LogP contribution in [0.2, 0.25) is 0 Å². The molecular weight excluding hydrogens is 985 g/mol. The lowest BCUT2D eigenvalue weighted by atomic mass is 9.84. The summed E-state index contributed by atoms with van der Waals surface area (Å²) in [6.45, 7) is 16.7. The summed E-state index contributed by atoms with van der Waals surface area (Å²) >= 11 is 0. The highest BCUT2D eigenvalue weighted by atomic mass is 16.5. The predicted octanol–water partition coefficient (Wildman–Crippen LogP) is 5.34. The molecule has 20 heteroatoms. The number of morpholine rings is 1. The molecule has 1 aliphatic carbocycles. The van der Waals surface area contributed by atoms with Crippen LogP contribution in [0.3, 0.4) is 0 Å². The minimum atomic E-state index is -1.14. The van der Waals surface area contributed by atoms with E-state index in [0.29, 0.717) is 110 Å². The van der Waals surface area contributed by atoms with E-state index in [2.05, 4.69) is 75.0 Å². The fraction of sp³-hybridized carbons (Fsp3) is 0.667.